The highest BCUT2D eigenvalue weighted by molar-refractivity contribution is 7.10. The van der Waals surface area contributed by atoms with Crippen LogP contribution in [0.2, 0.25) is 0 Å². The predicted octanol–water partition coefficient (Wildman–Crippen LogP) is 6.64. The van der Waals surface area contributed by atoms with Crippen molar-refractivity contribution in [1.29, 1.82) is 0 Å². The second-order valence-corrected chi connectivity index (χ2v) is 14.6. The largest absolute Gasteiger partial charge is 0.506 e. The molecular weight excluding hydrogens is 653 g/mol. The van der Waals surface area contributed by atoms with Crippen LogP contribution in [0, 0.1) is 5.92 Å². The van der Waals surface area contributed by atoms with Gasteiger partial charge in [-0.15, -0.1) is 11.3 Å². The van der Waals surface area contributed by atoms with Gasteiger partial charge in [0.15, 0.2) is 0 Å². The summed E-state index contributed by atoms with van der Waals surface area (Å²) in [6.45, 7) is 4.93. The molecule has 3 fully saturated rings. The fourth-order valence-electron chi connectivity index (χ4n) is 7.22. The molecule has 2 aromatic heterocycles. The van der Waals surface area contributed by atoms with Gasteiger partial charge in [-0.2, -0.15) is 0 Å². The van der Waals surface area contributed by atoms with Crippen molar-refractivity contribution < 1.29 is 24.5 Å². The van der Waals surface area contributed by atoms with Crippen LogP contribution < -0.4 is 20.9 Å². The molecule has 0 saturated carbocycles. The van der Waals surface area contributed by atoms with E-state index in [0.717, 1.165) is 87.3 Å². The van der Waals surface area contributed by atoms with Gasteiger partial charge in [0.1, 0.15) is 17.6 Å². The standard InChI is InChI=1S/C39H50N4O6S/c44-32-15-13-30(31-14-16-36(46)41-38(31)32)33(45)25-40-19-6-4-2-1-3-5-7-22-48-29-11-8-10-28(24-29)37(35-12-9-23-50-35)42-39(47)49-34-26-43-20-17-27(34)18-21-43/h8-16,23-24,27,33-34,37,40,44-45H,1-7,17-22,25-26H2,(H,41,46)(H,42,47)/t33-,34+,37?/m1/s1. The van der Waals surface area contributed by atoms with Crippen molar-refractivity contribution in [3.8, 4) is 11.5 Å². The number of nitrogens with one attached hydrogen (secondary N) is 3. The number of amides is 1. The summed E-state index contributed by atoms with van der Waals surface area (Å²) in [6.07, 6.45) is 8.85. The number of piperidine rings is 3. The molecule has 5 N–H and O–H groups in total. The zero-order valence-corrected chi connectivity index (χ0v) is 29.5. The predicted molar refractivity (Wildman–Crippen MR) is 197 cm³/mol. The first-order chi connectivity index (χ1) is 24.4. The average molecular weight is 703 g/mol. The molecule has 4 aromatic rings. The molecule has 2 bridgehead atoms. The van der Waals surface area contributed by atoms with E-state index in [-0.39, 0.29) is 29.5 Å². The third-order valence-corrected chi connectivity index (χ3v) is 10.9. The van der Waals surface area contributed by atoms with E-state index in [1.807, 2.05) is 41.8 Å². The van der Waals surface area contributed by atoms with E-state index in [2.05, 4.69) is 20.5 Å². The summed E-state index contributed by atoms with van der Waals surface area (Å²) in [7, 11) is 0. The van der Waals surface area contributed by atoms with Gasteiger partial charge in [-0.3, -0.25) is 9.69 Å². The Bertz CT molecular complexity index is 1720. The van der Waals surface area contributed by atoms with Gasteiger partial charge >= 0.3 is 6.09 Å². The number of benzene rings is 2. The number of alkyl carbamates (subject to hydrolysis) is 1. The first kappa shape index (κ1) is 35.9. The maximum atomic E-state index is 13.1. The number of rotatable bonds is 18. The van der Waals surface area contributed by atoms with Gasteiger partial charge in [-0.1, -0.05) is 56.4 Å². The quantitative estimate of drug-likeness (QED) is 0.0729. The summed E-state index contributed by atoms with van der Waals surface area (Å²) in [4.78, 5) is 30.8. The van der Waals surface area contributed by atoms with E-state index in [1.165, 1.54) is 25.0 Å². The Morgan fingerprint density at radius 3 is 2.54 bits per heavy atom. The minimum atomic E-state index is -0.740. The van der Waals surface area contributed by atoms with Gasteiger partial charge in [0, 0.05) is 29.4 Å². The lowest BCUT2D eigenvalue weighted by atomic mass is 9.86. The van der Waals surface area contributed by atoms with E-state index in [4.69, 9.17) is 9.47 Å². The van der Waals surface area contributed by atoms with Crippen molar-refractivity contribution in [3.63, 3.8) is 0 Å². The molecule has 0 radical (unpaired) electrons. The lowest BCUT2D eigenvalue weighted by Crippen LogP contribution is -2.52. The van der Waals surface area contributed by atoms with Gasteiger partial charge in [0.05, 0.1) is 24.3 Å². The van der Waals surface area contributed by atoms with Crippen molar-refractivity contribution in [2.24, 2.45) is 5.92 Å². The molecule has 3 saturated heterocycles. The van der Waals surface area contributed by atoms with Crippen LogP contribution in [-0.4, -0.2) is 71.6 Å². The van der Waals surface area contributed by atoms with Crippen molar-refractivity contribution in [2.45, 2.75) is 76.0 Å². The third kappa shape index (κ3) is 9.66. The first-order valence-electron chi connectivity index (χ1n) is 18.1. The Hall–Kier alpha value is -3.90. The van der Waals surface area contributed by atoms with Gasteiger partial charge in [-0.25, -0.2) is 4.79 Å². The maximum absolute atomic E-state index is 13.1. The van der Waals surface area contributed by atoms with E-state index >= 15 is 0 Å². The number of phenols is 1. The first-order valence-corrected chi connectivity index (χ1v) is 19.0. The molecule has 3 aliphatic heterocycles. The Kier molecular flexibility index (Phi) is 12.8. The van der Waals surface area contributed by atoms with E-state index in [1.54, 1.807) is 23.5 Å². The minimum absolute atomic E-state index is 0.00804. The minimum Gasteiger partial charge on any atom is -0.506 e. The summed E-state index contributed by atoms with van der Waals surface area (Å²) in [5.41, 5.74) is 1.71. The number of ether oxygens (including phenoxy) is 2. The number of aromatic amines is 1. The summed E-state index contributed by atoms with van der Waals surface area (Å²) in [5.74, 6) is 1.27. The van der Waals surface area contributed by atoms with Crippen molar-refractivity contribution in [1.82, 2.24) is 20.5 Å². The van der Waals surface area contributed by atoms with Crippen LogP contribution in [0.4, 0.5) is 4.79 Å². The number of pyridine rings is 1. The smallest absolute Gasteiger partial charge is 0.408 e. The molecule has 0 spiro atoms. The highest BCUT2D eigenvalue weighted by atomic mass is 32.1. The van der Waals surface area contributed by atoms with Crippen molar-refractivity contribution in [3.05, 3.63) is 92.4 Å². The number of aromatic nitrogens is 1. The summed E-state index contributed by atoms with van der Waals surface area (Å²) in [6, 6.07) is 18.0. The van der Waals surface area contributed by atoms with Gasteiger partial charge in [-0.05, 0) is 98.1 Å². The van der Waals surface area contributed by atoms with Crippen LogP contribution >= 0.6 is 11.3 Å². The highest BCUT2D eigenvalue weighted by Gasteiger charge is 2.37. The molecule has 0 aliphatic carbocycles. The second kappa shape index (κ2) is 17.8. The Morgan fingerprint density at radius 2 is 1.78 bits per heavy atom. The van der Waals surface area contributed by atoms with Crippen molar-refractivity contribution >= 4 is 28.3 Å². The number of fused-ring (bicyclic) bond motifs is 4. The molecule has 3 aliphatic rings. The van der Waals surface area contributed by atoms with Crippen LogP contribution in [0.15, 0.2) is 70.8 Å². The van der Waals surface area contributed by atoms with Crippen LogP contribution in [0.25, 0.3) is 10.9 Å². The van der Waals surface area contributed by atoms with Crippen LogP contribution in [0.5, 0.6) is 11.5 Å². The summed E-state index contributed by atoms with van der Waals surface area (Å²) in [5, 5.41) is 29.9. The van der Waals surface area contributed by atoms with E-state index in [9.17, 15) is 19.8 Å². The second-order valence-electron chi connectivity index (χ2n) is 13.6. The normalized spacial score (nSPS) is 19.7. The topological polar surface area (TPSA) is 136 Å². The fourth-order valence-corrected chi connectivity index (χ4v) is 8.02. The zero-order chi connectivity index (χ0) is 34.7. The Balaban J connectivity index is 0.847. The molecule has 2 aromatic carbocycles. The average Bonchev–Trinajstić information content (AvgIpc) is 3.67. The maximum Gasteiger partial charge on any atom is 0.408 e. The molecule has 1 amide bonds. The Morgan fingerprint density at radius 1 is 0.980 bits per heavy atom. The molecule has 3 atom stereocenters. The lowest BCUT2D eigenvalue weighted by molar-refractivity contribution is -0.0336. The number of thiophene rings is 1. The molecular formula is C39H50N4O6S. The molecule has 1 unspecified atom stereocenters. The number of hydrogen-bond acceptors (Lipinski definition) is 9. The summed E-state index contributed by atoms with van der Waals surface area (Å²) >= 11 is 1.62. The third-order valence-electron chi connectivity index (χ3n) is 10.0. The zero-order valence-electron chi connectivity index (χ0n) is 28.6. The van der Waals surface area contributed by atoms with E-state index in [0.29, 0.717) is 35.5 Å². The lowest BCUT2D eigenvalue weighted by Gasteiger charge is -2.43. The number of carbonyl (C=O) groups excluding carboxylic acids is 1. The van der Waals surface area contributed by atoms with Gasteiger partial charge < -0.3 is 35.3 Å². The number of carbonyl (C=O) groups is 1. The molecule has 50 heavy (non-hydrogen) atoms. The number of H-pyrrole nitrogens is 1. The molecule has 10 nitrogen and oxygen atoms in total. The number of unbranched alkanes of at least 4 members (excludes halogenated alkanes) is 6. The van der Waals surface area contributed by atoms with Gasteiger partial charge in [0.2, 0.25) is 5.56 Å². The molecule has 7 rings (SSSR count). The highest BCUT2D eigenvalue weighted by Crippen LogP contribution is 2.32. The number of nitrogens with zero attached hydrogens (tertiary/aromatic N) is 1. The van der Waals surface area contributed by atoms with Crippen molar-refractivity contribution in [2.75, 3.05) is 39.3 Å². The Labute approximate surface area is 297 Å². The van der Waals surface area contributed by atoms with E-state index < -0.39 is 6.10 Å². The van der Waals surface area contributed by atoms with Crippen LogP contribution in [0.3, 0.4) is 0 Å². The van der Waals surface area contributed by atoms with Crippen LogP contribution in [-0.2, 0) is 4.74 Å². The number of aliphatic hydroxyl groups is 1. The van der Waals surface area contributed by atoms with Gasteiger partial charge in [0.25, 0.3) is 0 Å². The molecule has 5 heterocycles. The number of aliphatic hydroxyl groups excluding tert-OH is 1. The SMILES string of the molecule is O=C(NC(c1cccc(OCCCCCCCCCNC[C@@H](O)c2ccc(O)c3[nH]c(=O)ccc23)c1)c1cccs1)O[C@H]1CN2CCC1CC2. The number of hydrogen-bond donors (Lipinski definition) is 5. The summed E-state index contributed by atoms with van der Waals surface area (Å²) < 4.78 is 12.1. The fraction of sp³-hybridized carbons (Fsp3) is 0.487. The molecule has 11 heteroatoms. The van der Waals surface area contributed by atoms with Crippen LogP contribution in [0.1, 0.15) is 85.9 Å². The number of phenolic OH excluding ortho intramolecular Hbond substituents is 1. The molecule has 268 valence electrons. The monoisotopic (exact) mass is 702 g/mol. The number of aromatic hydroxyl groups is 1.